The third-order valence-electron chi connectivity index (χ3n) is 3.72. The maximum atomic E-state index is 10.6. The molecule has 0 unspecified atom stereocenters. The first-order valence-corrected chi connectivity index (χ1v) is 5.88. The highest BCUT2D eigenvalue weighted by atomic mass is 16.3. The molecule has 1 nitrogen and oxygen atoms in total. The molecule has 1 heteroatoms. The van der Waals surface area contributed by atoms with Crippen LogP contribution in [0.5, 0.6) is 0 Å². The summed E-state index contributed by atoms with van der Waals surface area (Å²) in [5, 5.41) is 10.6. The van der Waals surface area contributed by atoms with E-state index in [0.717, 1.165) is 12.8 Å². The van der Waals surface area contributed by atoms with E-state index in [2.05, 4.69) is 48.5 Å². The van der Waals surface area contributed by atoms with Crippen molar-refractivity contribution >= 4 is 0 Å². The predicted molar refractivity (Wildman–Crippen MR) is 63.3 cm³/mol. The second kappa shape index (κ2) is 4.65. The molecule has 0 rings (SSSR count). The average molecular weight is 200 g/mol. The summed E-state index contributed by atoms with van der Waals surface area (Å²) in [6.45, 7) is 15.1. The summed E-state index contributed by atoms with van der Waals surface area (Å²) in [4.78, 5) is 0. The summed E-state index contributed by atoms with van der Waals surface area (Å²) >= 11 is 0. The normalized spacial score (nSPS) is 14.1. The highest BCUT2D eigenvalue weighted by molar-refractivity contribution is 4.90. The second-order valence-electron chi connectivity index (χ2n) is 6.00. The standard InChI is InChI=1S/C13H28O/c1-8-12(6,7)9-13(14,10(2)3)11(4)5/h10-11,14H,8-9H2,1-7H3. The van der Waals surface area contributed by atoms with Crippen molar-refractivity contribution in [2.24, 2.45) is 17.3 Å². The number of hydrogen-bond acceptors (Lipinski definition) is 1. The maximum absolute atomic E-state index is 10.6. The fourth-order valence-corrected chi connectivity index (χ4v) is 1.97. The molecule has 0 aromatic heterocycles. The van der Waals surface area contributed by atoms with Crippen LogP contribution in [0, 0.1) is 17.3 Å². The summed E-state index contributed by atoms with van der Waals surface area (Å²) in [5.74, 6) is 0.654. The van der Waals surface area contributed by atoms with Crippen molar-refractivity contribution in [3.8, 4) is 0 Å². The van der Waals surface area contributed by atoms with Crippen molar-refractivity contribution in [1.29, 1.82) is 0 Å². The Morgan fingerprint density at radius 2 is 1.36 bits per heavy atom. The molecule has 0 spiro atoms. The molecule has 0 radical (unpaired) electrons. The lowest BCUT2D eigenvalue weighted by Gasteiger charge is -2.42. The molecule has 14 heavy (non-hydrogen) atoms. The van der Waals surface area contributed by atoms with Crippen LogP contribution >= 0.6 is 0 Å². The van der Waals surface area contributed by atoms with Gasteiger partial charge >= 0.3 is 0 Å². The van der Waals surface area contributed by atoms with Gasteiger partial charge in [0.15, 0.2) is 0 Å². The Morgan fingerprint density at radius 3 is 1.57 bits per heavy atom. The van der Waals surface area contributed by atoms with Gasteiger partial charge in [-0.25, -0.2) is 0 Å². The van der Waals surface area contributed by atoms with Crippen molar-refractivity contribution in [2.45, 2.75) is 66.9 Å². The van der Waals surface area contributed by atoms with E-state index in [4.69, 9.17) is 0 Å². The van der Waals surface area contributed by atoms with Crippen LogP contribution in [0.25, 0.3) is 0 Å². The molecule has 0 atom stereocenters. The molecule has 0 heterocycles. The van der Waals surface area contributed by atoms with Gasteiger partial charge < -0.3 is 5.11 Å². The lowest BCUT2D eigenvalue weighted by molar-refractivity contribution is -0.0787. The highest BCUT2D eigenvalue weighted by Gasteiger charge is 2.38. The molecule has 0 aromatic carbocycles. The molecule has 0 aliphatic heterocycles. The van der Waals surface area contributed by atoms with Gasteiger partial charge in [-0.2, -0.15) is 0 Å². The van der Waals surface area contributed by atoms with Gasteiger partial charge in [-0.3, -0.25) is 0 Å². The van der Waals surface area contributed by atoms with Crippen LogP contribution in [0.4, 0.5) is 0 Å². The summed E-state index contributed by atoms with van der Waals surface area (Å²) in [5.41, 5.74) is -0.275. The lowest BCUT2D eigenvalue weighted by Crippen LogP contribution is -2.44. The minimum Gasteiger partial charge on any atom is -0.389 e. The van der Waals surface area contributed by atoms with Crippen LogP contribution in [0.3, 0.4) is 0 Å². The van der Waals surface area contributed by atoms with Gasteiger partial charge in [0.05, 0.1) is 5.60 Å². The third-order valence-corrected chi connectivity index (χ3v) is 3.72. The van der Waals surface area contributed by atoms with E-state index in [1.807, 2.05) is 0 Å². The van der Waals surface area contributed by atoms with Crippen molar-refractivity contribution in [2.75, 3.05) is 0 Å². The third kappa shape index (κ3) is 3.27. The largest absolute Gasteiger partial charge is 0.389 e. The smallest absolute Gasteiger partial charge is 0.0698 e. The Balaban J connectivity index is 4.70. The van der Waals surface area contributed by atoms with Crippen LogP contribution in [0.2, 0.25) is 0 Å². The van der Waals surface area contributed by atoms with Gasteiger partial charge in [-0.15, -0.1) is 0 Å². The minimum atomic E-state index is -0.514. The molecule has 0 bridgehead atoms. The molecule has 0 aliphatic rings. The summed E-state index contributed by atoms with van der Waals surface area (Å²) in [6.07, 6.45) is 2.01. The Morgan fingerprint density at radius 1 is 1.00 bits per heavy atom. The fraction of sp³-hybridized carbons (Fsp3) is 1.00. The van der Waals surface area contributed by atoms with Crippen molar-refractivity contribution < 1.29 is 5.11 Å². The molecular weight excluding hydrogens is 172 g/mol. The highest BCUT2D eigenvalue weighted by Crippen LogP contribution is 2.39. The Bertz CT molecular complexity index is 160. The molecule has 0 amide bonds. The first-order chi connectivity index (χ1) is 6.15. The first-order valence-electron chi connectivity index (χ1n) is 5.88. The van der Waals surface area contributed by atoms with Crippen LogP contribution < -0.4 is 0 Å². The van der Waals surface area contributed by atoms with Crippen molar-refractivity contribution in [3.63, 3.8) is 0 Å². The van der Waals surface area contributed by atoms with E-state index in [1.165, 1.54) is 0 Å². The van der Waals surface area contributed by atoms with E-state index in [1.54, 1.807) is 0 Å². The zero-order valence-electron chi connectivity index (χ0n) is 11.0. The summed E-state index contributed by atoms with van der Waals surface area (Å²) < 4.78 is 0. The molecule has 0 aliphatic carbocycles. The number of rotatable bonds is 5. The maximum Gasteiger partial charge on any atom is 0.0698 e. The Kier molecular flexibility index (Phi) is 4.64. The second-order valence-corrected chi connectivity index (χ2v) is 6.00. The van der Waals surface area contributed by atoms with Gasteiger partial charge in [0.25, 0.3) is 0 Å². The first kappa shape index (κ1) is 14.0. The van der Waals surface area contributed by atoms with Gasteiger partial charge in [-0.05, 0) is 23.7 Å². The Hall–Kier alpha value is -0.0400. The number of aliphatic hydroxyl groups is 1. The average Bonchev–Trinajstić information content (AvgIpc) is 2.03. The predicted octanol–water partition coefficient (Wildman–Crippen LogP) is 3.86. The molecule has 0 saturated heterocycles. The monoisotopic (exact) mass is 200 g/mol. The van der Waals surface area contributed by atoms with Gasteiger partial charge in [0, 0.05) is 0 Å². The van der Waals surface area contributed by atoms with Crippen molar-refractivity contribution in [1.82, 2.24) is 0 Å². The molecule has 0 fully saturated rings. The SMILES string of the molecule is CCC(C)(C)CC(O)(C(C)C)C(C)C. The van der Waals surface area contributed by atoms with Crippen LogP contribution in [-0.2, 0) is 0 Å². The topological polar surface area (TPSA) is 20.2 Å². The zero-order chi connectivity index (χ0) is 11.6. The minimum absolute atomic E-state index is 0.239. The van der Waals surface area contributed by atoms with E-state index < -0.39 is 5.60 Å². The quantitative estimate of drug-likeness (QED) is 0.714. The molecule has 0 aromatic rings. The Labute approximate surface area is 89.9 Å². The van der Waals surface area contributed by atoms with E-state index in [-0.39, 0.29) is 5.41 Å². The number of hydrogen-bond donors (Lipinski definition) is 1. The summed E-state index contributed by atoms with van der Waals surface area (Å²) in [7, 11) is 0. The van der Waals surface area contributed by atoms with Crippen molar-refractivity contribution in [3.05, 3.63) is 0 Å². The van der Waals surface area contributed by atoms with Crippen LogP contribution in [-0.4, -0.2) is 10.7 Å². The lowest BCUT2D eigenvalue weighted by atomic mass is 9.69. The molecule has 1 N–H and O–H groups in total. The molecule has 0 saturated carbocycles. The molecular formula is C13H28O. The van der Waals surface area contributed by atoms with Crippen LogP contribution in [0.1, 0.15) is 61.3 Å². The summed E-state index contributed by atoms with van der Waals surface area (Å²) in [6, 6.07) is 0. The van der Waals surface area contributed by atoms with E-state index >= 15 is 0 Å². The van der Waals surface area contributed by atoms with E-state index in [9.17, 15) is 5.11 Å². The van der Waals surface area contributed by atoms with Crippen LogP contribution in [0.15, 0.2) is 0 Å². The van der Waals surface area contributed by atoms with E-state index in [0.29, 0.717) is 11.8 Å². The van der Waals surface area contributed by atoms with Gasteiger partial charge in [0.1, 0.15) is 0 Å². The van der Waals surface area contributed by atoms with Gasteiger partial charge in [-0.1, -0.05) is 54.9 Å². The fourth-order valence-electron chi connectivity index (χ4n) is 1.97. The van der Waals surface area contributed by atoms with Gasteiger partial charge in [0.2, 0.25) is 0 Å². The molecule has 86 valence electrons. The zero-order valence-corrected chi connectivity index (χ0v) is 11.0.